The van der Waals surface area contributed by atoms with E-state index in [1.54, 1.807) is 24.3 Å². The largest absolute Gasteiger partial charge is 0.619 e. The van der Waals surface area contributed by atoms with Gasteiger partial charge in [-0.1, -0.05) is 13.8 Å². The highest BCUT2D eigenvalue weighted by Gasteiger charge is 2.28. The molecule has 0 atom stereocenters. The number of rotatable bonds is 5. The third-order valence-electron chi connectivity index (χ3n) is 6.92. The molecule has 1 amide bonds. The number of carbonyl (C=O) groups is 1. The summed E-state index contributed by atoms with van der Waals surface area (Å²) in [5.74, 6) is -0.175. The number of fused-ring (bicyclic) bond motifs is 1. The van der Waals surface area contributed by atoms with Crippen molar-refractivity contribution in [1.29, 1.82) is 0 Å². The van der Waals surface area contributed by atoms with Crippen molar-refractivity contribution in [2.45, 2.75) is 47.1 Å². The number of anilines is 1. The van der Waals surface area contributed by atoms with Crippen molar-refractivity contribution in [3.05, 3.63) is 75.8 Å². The van der Waals surface area contributed by atoms with Gasteiger partial charge in [-0.3, -0.25) is 9.20 Å². The van der Waals surface area contributed by atoms with Gasteiger partial charge in [0.2, 0.25) is 0 Å². The predicted molar refractivity (Wildman–Crippen MR) is 140 cm³/mol. The fourth-order valence-electron chi connectivity index (χ4n) is 4.52. The molecule has 1 aliphatic rings. The second kappa shape index (κ2) is 9.00. The van der Waals surface area contributed by atoms with Crippen molar-refractivity contribution in [2.24, 2.45) is 5.41 Å². The predicted octanol–water partition coefficient (Wildman–Crippen LogP) is 4.87. The van der Waals surface area contributed by atoms with Gasteiger partial charge >= 0.3 is 0 Å². The molecule has 0 aromatic carbocycles. The maximum atomic E-state index is 13.3. The molecule has 0 radical (unpaired) electrons. The van der Waals surface area contributed by atoms with Crippen molar-refractivity contribution >= 4 is 28.6 Å². The van der Waals surface area contributed by atoms with Gasteiger partial charge in [-0.25, -0.2) is 4.98 Å². The van der Waals surface area contributed by atoms with E-state index in [2.05, 4.69) is 43.1 Å². The minimum Gasteiger partial charge on any atom is -0.619 e. The zero-order valence-corrected chi connectivity index (χ0v) is 21.5. The van der Waals surface area contributed by atoms with E-state index in [-0.39, 0.29) is 12.5 Å². The van der Waals surface area contributed by atoms with E-state index in [1.807, 2.05) is 28.9 Å². The molecular weight excluding hydrogens is 458 g/mol. The Kier molecular flexibility index (Phi) is 6.01. The molecule has 7 nitrogen and oxygen atoms in total. The topological polar surface area (TPSA) is 76.6 Å². The first-order valence-electron chi connectivity index (χ1n) is 12.0. The maximum Gasteiger partial charge on any atom is 0.253 e. The van der Waals surface area contributed by atoms with Crippen molar-refractivity contribution in [2.75, 3.05) is 18.0 Å². The summed E-state index contributed by atoms with van der Waals surface area (Å²) in [6.45, 7) is 10.6. The molecular formula is C27H31N5O2S. The highest BCUT2D eigenvalue weighted by molar-refractivity contribution is 7.15. The number of hydrogen-bond donors (Lipinski definition) is 1. The number of nitrogens with one attached hydrogen (secondary N) is 1. The summed E-state index contributed by atoms with van der Waals surface area (Å²) in [5.41, 5.74) is 5.12. The van der Waals surface area contributed by atoms with Crippen LogP contribution in [0.5, 0.6) is 0 Å². The average Bonchev–Trinajstić information content (AvgIpc) is 3.45. The van der Waals surface area contributed by atoms with Gasteiger partial charge in [-0.05, 0) is 49.4 Å². The molecule has 182 valence electrons. The Morgan fingerprint density at radius 1 is 1.20 bits per heavy atom. The Balaban J connectivity index is 1.51. The standard InChI is InChI=1S/C27H31N5O2S/c1-18-5-7-20(16-32(18)34)14-29-26(33)21-13-22(30-11-9-27(3,4)10-12-30)25-28-15-23(31(25)17-21)24-8-6-19(2)35-24/h5-8,13,15-17H,9-12,14H2,1-4H3,(H,29,33). The number of imidazole rings is 1. The summed E-state index contributed by atoms with van der Waals surface area (Å²) < 4.78 is 2.87. The van der Waals surface area contributed by atoms with Gasteiger partial charge in [0.1, 0.15) is 0 Å². The highest BCUT2D eigenvalue weighted by atomic mass is 32.1. The molecule has 1 saturated heterocycles. The molecule has 35 heavy (non-hydrogen) atoms. The van der Waals surface area contributed by atoms with Crippen LogP contribution in [-0.2, 0) is 6.54 Å². The van der Waals surface area contributed by atoms with Crippen LogP contribution < -0.4 is 14.9 Å². The van der Waals surface area contributed by atoms with Crippen molar-refractivity contribution in [3.8, 4) is 10.6 Å². The minimum atomic E-state index is -0.175. The first-order valence-corrected chi connectivity index (χ1v) is 12.8. The Morgan fingerprint density at radius 3 is 2.66 bits per heavy atom. The second-order valence-corrected chi connectivity index (χ2v) is 11.5. The molecule has 1 fully saturated rings. The van der Waals surface area contributed by atoms with Crippen LogP contribution in [0.25, 0.3) is 16.2 Å². The summed E-state index contributed by atoms with van der Waals surface area (Å²) in [6.07, 6.45) is 7.47. The molecule has 0 bridgehead atoms. The molecule has 0 spiro atoms. The van der Waals surface area contributed by atoms with Gasteiger partial charge in [0.15, 0.2) is 17.5 Å². The summed E-state index contributed by atoms with van der Waals surface area (Å²) in [6, 6.07) is 9.79. The van der Waals surface area contributed by atoms with E-state index >= 15 is 0 Å². The Morgan fingerprint density at radius 2 is 1.97 bits per heavy atom. The first-order chi connectivity index (χ1) is 16.7. The summed E-state index contributed by atoms with van der Waals surface area (Å²) in [4.78, 5) is 22.8. The molecule has 0 aliphatic carbocycles. The van der Waals surface area contributed by atoms with Crippen LogP contribution >= 0.6 is 11.3 Å². The van der Waals surface area contributed by atoms with Gasteiger partial charge in [0, 0.05) is 49.3 Å². The Bertz CT molecular complexity index is 1390. The Labute approximate surface area is 209 Å². The van der Waals surface area contributed by atoms with Crippen LogP contribution in [0.15, 0.2) is 48.9 Å². The number of nitrogens with zero attached hydrogens (tertiary/aromatic N) is 4. The molecule has 4 aromatic heterocycles. The minimum absolute atomic E-state index is 0.175. The van der Waals surface area contributed by atoms with Crippen LogP contribution in [0.3, 0.4) is 0 Å². The molecule has 0 unspecified atom stereocenters. The number of hydrogen-bond acceptors (Lipinski definition) is 5. The van der Waals surface area contributed by atoms with Gasteiger partial charge in [0.25, 0.3) is 5.91 Å². The molecule has 5 rings (SSSR count). The first kappa shape index (κ1) is 23.4. The van der Waals surface area contributed by atoms with Crippen LogP contribution in [0.4, 0.5) is 5.69 Å². The highest BCUT2D eigenvalue weighted by Crippen LogP contribution is 2.36. The van der Waals surface area contributed by atoms with Crippen molar-refractivity contribution in [1.82, 2.24) is 14.7 Å². The number of aromatic nitrogens is 3. The van der Waals surface area contributed by atoms with Crippen molar-refractivity contribution in [3.63, 3.8) is 0 Å². The lowest BCUT2D eigenvalue weighted by molar-refractivity contribution is -0.612. The van der Waals surface area contributed by atoms with E-state index < -0.39 is 0 Å². The summed E-state index contributed by atoms with van der Waals surface area (Å²) in [7, 11) is 0. The number of carbonyl (C=O) groups excluding carboxylic acids is 1. The van der Waals surface area contributed by atoms with E-state index in [1.165, 1.54) is 11.1 Å². The number of pyridine rings is 2. The van der Waals surface area contributed by atoms with Crippen molar-refractivity contribution < 1.29 is 9.52 Å². The van der Waals surface area contributed by atoms with Crippen LogP contribution in [0.2, 0.25) is 0 Å². The molecule has 4 aromatic rings. The number of amides is 1. The monoisotopic (exact) mass is 489 g/mol. The van der Waals surface area contributed by atoms with E-state index in [9.17, 15) is 10.0 Å². The number of aryl methyl sites for hydroxylation is 2. The fraction of sp³-hybridized carbons (Fsp3) is 0.370. The van der Waals surface area contributed by atoms with E-state index in [0.29, 0.717) is 16.7 Å². The third-order valence-corrected chi connectivity index (χ3v) is 7.94. The quantitative estimate of drug-likeness (QED) is 0.321. The summed E-state index contributed by atoms with van der Waals surface area (Å²) >= 11 is 1.72. The lowest BCUT2D eigenvalue weighted by Crippen LogP contribution is -2.37. The van der Waals surface area contributed by atoms with Gasteiger partial charge in [0.05, 0.1) is 28.0 Å². The van der Waals surface area contributed by atoms with Crippen LogP contribution in [0.1, 0.15) is 53.2 Å². The van der Waals surface area contributed by atoms with E-state index in [0.717, 1.165) is 58.1 Å². The van der Waals surface area contributed by atoms with Gasteiger partial charge < -0.3 is 15.4 Å². The lowest BCUT2D eigenvalue weighted by atomic mass is 9.82. The third kappa shape index (κ3) is 4.75. The normalized spacial score (nSPS) is 15.5. The Hall–Kier alpha value is -3.39. The lowest BCUT2D eigenvalue weighted by Gasteiger charge is -2.38. The van der Waals surface area contributed by atoms with E-state index in [4.69, 9.17) is 4.98 Å². The molecule has 1 N–H and O–H groups in total. The maximum absolute atomic E-state index is 13.3. The number of thiophene rings is 1. The smallest absolute Gasteiger partial charge is 0.253 e. The zero-order valence-electron chi connectivity index (χ0n) is 20.7. The SMILES string of the molecule is Cc1ccc(-c2cnc3c(N4CCC(C)(C)CC4)cc(C(=O)NCc4ccc(C)[n+]([O-])c4)cn23)s1. The molecule has 0 saturated carbocycles. The second-order valence-electron chi connectivity index (χ2n) is 10.2. The molecule has 1 aliphatic heterocycles. The average molecular weight is 490 g/mol. The van der Waals surface area contributed by atoms with Crippen LogP contribution in [-0.4, -0.2) is 28.4 Å². The van der Waals surface area contributed by atoms with Crippen LogP contribution in [0, 0.1) is 24.5 Å². The summed E-state index contributed by atoms with van der Waals surface area (Å²) in [5, 5.41) is 14.9. The van der Waals surface area contributed by atoms with Gasteiger partial charge in [-0.15, -0.1) is 11.3 Å². The molecule has 8 heteroatoms. The fourth-order valence-corrected chi connectivity index (χ4v) is 5.39. The van der Waals surface area contributed by atoms with Gasteiger partial charge in [-0.2, -0.15) is 4.73 Å². The number of piperidine rings is 1. The zero-order chi connectivity index (χ0) is 24.7. The molecule has 5 heterocycles.